The first kappa shape index (κ1) is 13.6. The molecule has 20 heavy (non-hydrogen) atoms. The number of hydrogen-bond donors (Lipinski definition) is 1. The van der Waals surface area contributed by atoms with E-state index in [0.29, 0.717) is 12.0 Å². The number of benzene rings is 1. The van der Waals surface area contributed by atoms with Gasteiger partial charge in [-0.05, 0) is 55.2 Å². The number of aromatic nitrogens is 1. The molecule has 1 fully saturated rings. The lowest BCUT2D eigenvalue weighted by molar-refractivity contribution is 0.341. The van der Waals surface area contributed by atoms with Gasteiger partial charge in [0.05, 0.1) is 0 Å². The van der Waals surface area contributed by atoms with Gasteiger partial charge in [0.1, 0.15) is 0 Å². The molecule has 1 aromatic heterocycles. The predicted molar refractivity (Wildman–Crippen MR) is 85.0 cm³/mol. The Morgan fingerprint density at radius 3 is 3.10 bits per heavy atom. The molecule has 106 valence electrons. The number of rotatable bonds is 4. The van der Waals surface area contributed by atoms with Crippen LogP contribution in [0.5, 0.6) is 0 Å². The molecule has 1 aromatic carbocycles. The summed E-state index contributed by atoms with van der Waals surface area (Å²) in [6, 6.07) is 9.54. The van der Waals surface area contributed by atoms with Crippen molar-refractivity contribution in [2.24, 2.45) is 0 Å². The minimum absolute atomic E-state index is 0.698. The van der Waals surface area contributed by atoms with E-state index in [2.05, 4.69) is 41.5 Å². The van der Waals surface area contributed by atoms with E-state index in [-0.39, 0.29) is 0 Å². The van der Waals surface area contributed by atoms with Crippen molar-refractivity contribution >= 4 is 10.8 Å². The van der Waals surface area contributed by atoms with Gasteiger partial charge in [0.2, 0.25) is 0 Å². The minimum atomic E-state index is 0.698. The Labute approximate surface area is 121 Å². The Hall–Kier alpha value is -1.41. The molecule has 2 unspecified atom stereocenters. The van der Waals surface area contributed by atoms with Crippen LogP contribution in [0.4, 0.5) is 0 Å². The molecule has 2 atom stereocenters. The Morgan fingerprint density at radius 2 is 2.20 bits per heavy atom. The van der Waals surface area contributed by atoms with Crippen molar-refractivity contribution in [3.63, 3.8) is 0 Å². The number of nitrogens with zero attached hydrogens (tertiary/aromatic N) is 1. The molecule has 1 saturated carbocycles. The number of hydrogen-bond acceptors (Lipinski definition) is 2. The van der Waals surface area contributed by atoms with Gasteiger partial charge >= 0.3 is 0 Å². The van der Waals surface area contributed by atoms with Crippen molar-refractivity contribution in [2.75, 3.05) is 6.54 Å². The first-order valence-electron chi connectivity index (χ1n) is 7.94. The fourth-order valence-electron chi connectivity index (χ4n) is 3.51. The van der Waals surface area contributed by atoms with Gasteiger partial charge in [-0.15, -0.1) is 0 Å². The van der Waals surface area contributed by atoms with Crippen LogP contribution < -0.4 is 5.32 Å². The monoisotopic (exact) mass is 268 g/mol. The van der Waals surface area contributed by atoms with Crippen molar-refractivity contribution in [1.29, 1.82) is 0 Å². The van der Waals surface area contributed by atoms with Crippen LogP contribution in [0.3, 0.4) is 0 Å². The van der Waals surface area contributed by atoms with Crippen molar-refractivity contribution in [3.8, 4) is 0 Å². The summed E-state index contributed by atoms with van der Waals surface area (Å²) in [6.07, 6.45) is 10.4. The summed E-state index contributed by atoms with van der Waals surface area (Å²) >= 11 is 0. The smallest absolute Gasteiger partial charge is 0.0346 e. The zero-order valence-corrected chi connectivity index (χ0v) is 12.3. The van der Waals surface area contributed by atoms with Gasteiger partial charge < -0.3 is 5.32 Å². The second kappa shape index (κ2) is 6.36. The molecule has 0 saturated heterocycles. The van der Waals surface area contributed by atoms with E-state index >= 15 is 0 Å². The van der Waals surface area contributed by atoms with Crippen LogP contribution in [0.2, 0.25) is 0 Å². The van der Waals surface area contributed by atoms with Crippen molar-refractivity contribution in [1.82, 2.24) is 10.3 Å². The van der Waals surface area contributed by atoms with Crippen LogP contribution in [-0.4, -0.2) is 17.6 Å². The van der Waals surface area contributed by atoms with Gasteiger partial charge in [0, 0.05) is 23.8 Å². The normalized spacial score (nSPS) is 23.1. The van der Waals surface area contributed by atoms with E-state index in [1.165, 1.54) is 48.4 Å². The highest BCUT2D eigenvalue weighted by molar-refractivity contribution is 5.85. The van der Waals surface area contributed by atoms with Gasteiger partial charge in [0.15, 0.2) is 0 Å². The van der Waals surface area contributed by atoms with Crippen LogP contribution in [0.25, 0.3) is 10.8 Å². The molecular formula is C18H24N2. The summed E-state index contributed by atoms with van der Waals surface area (Å²) in [7, 11) is 0. The van der Waals surface area contributed by atoms with Crippen LogP contribution in [0.1, 0.15) is 50.5 Å². The highest BCUT2D eigenvalue weighted by Gasteiger charge is 2.23. The predicted octanol–water partition coefficient (Wildman–Crippen LogP) is 4.26. The van der Waals surface area contributed by atoms with E-state index < -0.39 is 0 Å². The lowest BCUT2D eigenvalue weighted by Crippen LogP contribution is -2.34. The first-order valence-corrected chi connectivity index (χ1v) is 7.94. The number of fused-ring (bicyclic) bond motifs is 1. The molecular weight excluding hydrogens is 244 g/mol. The summed E-state index contributed by atoms with van der Waals surface area (Å²) < 4.78 is 0. The lowest BCUT2D eigenvalue weighted by atomic mass is 9.80. The molecule has 3 rings (SSSR count). The second-order valence-corrected chi connectivity index (χ2v) is 5.96. The quantitative estimate of drug-likeness (QED) is 0.896. The van der Waals surface area contributed by atoms with Crippen molar-refractivity contribution in [2.45, 2.75) is 51.0 Å². The van der Waals surface area contributed by atoms with Gasteiger partial charge in [0.25, 0.3) is 0 Å². The fourth-order valence-corrected chi connectivity index (χ4v) is 3.51. The second-order valence-electron chi connectivity index (χ2n) is 5.96. The molecule has 1 heterocycles. The largest absolute Gasteiger partial charge is 0.314 e. The molecule has 1 aliphatic rings. The van der Waals surface area contributed by atoms with E-state index in [4.69, 9.17) is 0 Å². The number of pyridine rings is 1. The molecule has 1 aliphatic carbocycles. The maximum atomic E-state index is 4.24. The highest BCUT2D eigenvalue weighted by Crippen LogP contribution is 2.36. The van der Waals surface area contributed by atoms with E-state index in [1.54, 1.807) is 0 Å². The minimum Gasteiger partial charge on any atom is -0.314 e. The molecule has 2 heteroatoms. The van der Waals surface area contributed by atoms with Gasteiger partial charge in [-0.1, -0.05) is 31.5 Å². The van der Waals surface area contributed by atoms with Gasteiger partial charge in [-0.3, -0.25) is 4.98 Å². The van der Waals surface area contributed by atoms with Crippen molar-refractivity contribution < 1.29 is 0 Å². The third-order valence-electron chi connectivity index (χ3n) is 4.51. The van der Waals surface area contributed by atoms with Crippen LogP contribution >= 0.6 is 0 Å². The molecule has 0 amide bonds. The maximum Gasteiger partial charge on any atom is 0.0346 e. The summed E-state index contributed by atoms with van der Waals surface area (Å²) in [5.41, 5.74) is 1.52. The molecule has 0 spiro atoms. The van der Waals surface area contributed by atoms with E-state index in [1.807, 2.05) is 12.4 Å². The topological polar surface area (TPSA) is 24.9 Å². The summed E-state index contributed by atoms with van der Waals surface area (Å²) in [4.78, 5) is 4.24. The summed E-state index contributed by atoms with van der Waals surface area (Å²) in [5, 5.41) is 6.37. The summed E-state index contributed by atoms with van der Waals surface area (Å²) in [6.45, 7) is 3.39. The third-order valence-corrected chi connectivity index (χ3v) is 4.51. The maximum absolute atomic E-state index is 4.24. The summed E-state index contributed by atoms with van der Waals surface area (Å²) in [5.74, 6) is 0.698. The zero-order valence-electron chi connectivity index (χ0n) is 12.3. The van der Waals surface area contributed by atoms with E-state index in [9.17, 15) is 0 Å². The molecule has 2 aromatic rings. The number of nitrogens with one attached hydrogen (secondary N) is 1. The third kappa shape index (κ3) is 2.85. The van der Waals surface area contributed by atoms with Gasteiger partial charge in [-0.2, -0.15) is 0 Å². The molecule has 0 aliphatic heterocycles. The van der Waals surface area contributed by atoms with Crippen LogP contribution in [0, 0.1) is 0 Å². The van der Waals surface area contributed by atoms with Gasteiger partial charge in [-0.25, -0.2) is 0 Å². The molecule has 0 bridgehead atoms. The SMILES string of the molecule is CCCNC1CCCC(c2cccc3cnccc23)C1. The Balaban J connectivity index is 1.83. The Bertz CT molecular complexity index is 559. The standard InChI is InChI=1S/C18H24N2/c1-2-10-20-16-7-3-5-14(12-16)17-8-4-6-15-13-19-11-9-18(15)17/h4,6,8-9,11,13-14,16,20H,2-3,5,7,10,12H2,1H3. The first-order chi connectivity index (χ1) is 9.88. The molecule has 2 nitrogen and oxygen atoms in total. The Kier molecular flexibility index (Phi) is 4.31. The fraction of sp³-hybridized carbons (Fsp3) is 0.500. The van der Waals surface area contributed by atoms with Crippen molar-refractivity contribution in [3.05, 3.63) is 42.2 Å². The zero-order chi connectivity index (χ0) is 13.8. The van der Waals surface area contributed by atoms with Crippen LogP contribution in [0.15, 0.2) is 36.7 Å². The molecule has 0 radical (unpaired) electrons. The van der Waals surface area contributed by atoms with E-state index in [0.717, 1.165) is 6.54 Å². The lowest BCUT2D eigenvalue weighted by Gasteiger charge is -2.30. The molecule has 1 N–H and O–H groups in total. The van der Waals surface area contributed by atoms with Crippen LogP contribution in [-0.2, 0) is 0 Å². The highest BCUT2D eigenvalue weighted by atomic mass is 14.9. The average molecular weight is 268 g/mol. The average Bonchev–Trinajstić information content (AvgIpc) is 2.52. The Morgan fingerprint density at radius 1 is 1.25 bits per heavy atom.